The molecule has 0 saturated heterocycles. The van der Waals surface area contributed by atoms with Crippen molar-refractivity contribution in [3.8, 4) is 0 Å². The number of nitrogen functional groups attached to an aromatic ring is 1. The lowest BCUT2D eigenvalue weighted by atomic mass is 10.2. The van der Waals surface area contributed by atoms with Crippen molar-refractivity contribution in [3.63, 3.8) is 0 Å². The van der Waals surface area contributed by atoms with Crippen LogP contribution in [0.3, 0.4) is 0 Å². The van der Waals surface area contributed by atoms with Gasteiger partial charge in [-0.15, -0.1) is 0 Å². The van der Waals surface area contributed by atoms with Gasteiger partial charge in [0.15, 0.2) is 0 Å². The van der Waals surface area contributed by atoms with E-state index in [1.165, 1.54) is 6.20 Å². The third-order valence-corrected chi connectivity index (χ3v) is 2.51. The first-order valence-corrected chi connectivity index (χ1v) is 5.56. The Morgan fingerprint density at radius 2 is 1.89 bits per heavy atom. The molecule has 0 spiro atoms. The van der Waals surface area contributed by atoms with Crippen LogP contribution >= 0.6 is 11.6 Å². The number of hydrogen-bond acceptors (Lipinski definition) is 4. The molecule has 1 heterocycles. The van der Waals surface area contributed by atoms with E-state index in [1.807, 2.05) is 0 Å². The molecule has 2 aromatic rings. The Morgan fingerprint density at radius 3 is 2.56 bits per heavy atom. The average molecular weight is 263 g/mol. The maximum absolute atomic E-state index is 11.9. The van der Waals surface area contributed by atoms with Crippen LogP contribution in [-0.4, -0.2) is 10.9 Å². The van der Waals surface area contributed by atoms with Gasteiger partial charge in [-0.1, -0.05) is 11.6 Å². The lowest BCUT2D eigenvalue weighted by Crippen LogP contribution is -2.15. The minimum Gasteiger partial charge on any atom is -0.324 e. The van der Waals surface area contributed by atoms with Gasteiger partial charge in [0.25, 0.3) is 5.91 Å². The molecule has 0 fully saturated rings. The van der Waals surface area contributed by atoms with Gasteiger partial charge in [-0.25, -0.2) is 0 Å². The van der Waals surface area contributed by atoms with Crippen LogP contribution in [0.5, 0.6) is 0 Å². The molecular formula is C12H11ClN4O. The fourth-order valence-corrected chi connectivity index (χ4v) is 1.50. The first-order valence-electron chi connectivity index (χ1n) is 5.18. The molecular weight excluding hydrogens is 252 g/mol. The zero-order valence-electron chi connectivity index (χ0n) is 9.35. The summed E-state index contributed by atoms with van der Waals surface area (Å²) in [5.74, 6) is 4.95. The highest BCUT2D eigenvalue weighted by atomic mass is 35.5. The van der Waals surface area contributed by atoms with Crippen molar-refractivity contribution in [1.82, 2.24) is 4.98 Å². The monoisotopic (exact) mass is 262 g/mol. The van der Waals surface area contributed by atoms with E-state index >= 15 is 0 Å². The van der Waals surface area contributed by atoms with Crippen molar-refractivity contribution in [2.75, 3.05) is 10.7 Å². The van der Waals surface area contributed by atoms with E-state index in [4.69, 9.17) is 17.4 Å². The van der Waals surface area contributed by atoms with Gasteiger partial charge in [-0.2, -0.15) is 0 Å². The molecule has 0 aliphatic carbocycles. The van der Waals surface area contributed by atoms with Crippen LogP contribution in [0.2, 0.25) is 5.02 Å². The van der Waals surface area contributed by atoms with E-state index < -0.39 is 0 Å². The summed E-state index contributed by atoms with van der Waals surface area (Å²) >= 11 is 5.76. The third kappa shape index (κ3) is 2.97. The minimum absolute atomic E-state index is 0.278. The Bertz CT molecular complexity index is 556. The fourth-order valence-electron chi connectivity index (χ4n) is 1.37. The summed E-state index contributed by atoms with van der Waals surface area (Å²) in [6, 6.07) is 10.0. The number of nitrogens with zero attached hydrogens (tertiary/aromatic N) is 1. The smallest absolute Gasteiger partial charge is 0.274 e. The van der Waals surface area contributed by atoms with Gasteiger partial charge >= 0.3 is 0 Å². The Labute approximate surface area is 109 Å². The minimum atomic E-state index is -0.311. The topological polar surface area (TPSA) is 80.0 Å². The van der Waals surface area contributed by atoms with Crippen LogP contribution < -0.4 is 16.6 Å². The summed E-state index contributed by atoms with van der Waals surface area (Å²) in [5, 5.41) is 3.32. The molecule has 4 N–H and O–H groups in total. The van der Waals surface area contributed by atoms with E-state index in [1.54, 1.807) is 36.4 Å². The molecule has 0 aliphatic heterocycles. The first-order chi connectivity index (χ1) is 8.69. The molecule has 5 nitrogen and oxygen atoms in total. The number of hydrazine groups is 1. The van der Waals surface area contributed by atoms with Crippen LogP contribution in [0.4, 0.5) is 11.4 Å². The molecule has 92 valence electrons. The number of nitrogens with one attached hydrogen (secondary N) is 2. The van der Waals surface area contributed by atoms with E-state index in [-0.39, 0.29) is 11.6 Å². The van der Waals surface area contributed by atoms with Gasteiger partial charge in [0.1, 0.15) is 5.69 Å². The van der Waals surface area contributed by atoms with Gasteiger partial charge in [0.2, 0.25) is 0 Å². The maximum atomic E-state index is 11.9. The SMILES string of the molecule is NNc1ccnc(C(=O)Nc2ccc(Cl)cc2)c1. The number of hydrogen-bond donors (Lipinski definition) is 3. The van der Waals surface area contributed by atoms with E-state index in [2.05, 4.69) is 15.7 Å². The first kappa shape index (κ1) is 12.3. The number of benzene rings is 1. The van der Waals surface area contributed by atoms with Crippen molar-refractivity contribution < 1.29 is 4.79 Å². The number of aromatic nitrogens is 1. The standard InChI is InChI=1S/C12H11ClN4O/c13-8-1-3-9(4-2-8)16-12(18)11-7-10(17-14)5-6-15-11/h1-7H,14H2,(H,15,17)(H,16,18). The molecule has 0 bridgehead atoms. The largest absolute Gasteiger partial charge is 0.324 e. The normalized spacial score (nSPS) is 9.89. The fraction of sp³-hybridized carbons (Fsp3) is 0. The molecule has 0 saturated carbocycles. The number of carbonyl (C=O) groups excluding carboxylic acids is 1. The van der Waals surface area contributed by atoms with Crippen molar-refractivity contribution in [1.29, 1.82) is 0 Å². The predicted octanol–water partition coefficient (Wildman–Crippen LogP) is 2.27. The summed E-state index contributed by atoms with van der Waals surface area (Å²) in [6.07, 6.45) is 1.51. The molecule has 0 unspecified atom stereocenters. The number of carbonyl (C=O) groups is 1. The lowest BCUT2D eigenvalue weighted by molar-refractivity contribution is 0.102. The average Bonchev–Trinajstić information content (AvgIpc) is 2.41. The molecule has 6 heteroatoms. The van der Waals surface area contributed by atoms with Crippen LogP contribution in [0.1, 0.15) is 10.5 Å². The highest BCUT2D eigenvalue weighted by Crippen LogP contribution is 2.14. The summed E-state index contributed by atoms with van der Waals surface area (Å²) in [7, 11) is 0. The van der Waals surface area contributed by atoms with E-state index in [0.717, 1.165) is 0 Å². The van der Waals surface area contributed by atoms with Crippen molar-refractivity contribution in [2.24, 2.45) is 5.84 Å². The van der Waals surface area contributed by atoms with Gasteiger partial charge < -0.3 is 10.7 Å². The second kappa shape index (κ2) is 5.48. The number of nitrogens with two attached hydrogens (primary N) is 1. The molecule has 1 amide bonds. The zero-order valence-corrected chi connectivity index (χ0v) is 10.1. The second-order valence-corrected chi connectivity index (χ2v) is 3.97. The molecule has 18 heavy (non-hydrogen) atoms. The van der Waals surface area contributed by atoms with Gasteiger partial charge in [-0.3, -0.25) is 15.6 Å². The molecule has 0 atom stereocenters. The number of amides is 1. The van der Waals surface area contributed by atoms with Crippen LogP contribution in [-0.2, 0) is 0 Å². The van der Waals surface area contributed by atoms with Crippen molar-refractivity contribution in [3.05, 3.63) is 53.3 Å². The number of pyridine rings is 1. The van der Waals surface area contributed by atoms with Gasteiger partial charge in [0.05, 0.1) is 5.69 Å². The summed E-state index contributed by atoms with van der Waals surface area (Å²) in [6.45, 7) is 0. The van der Waals surface area contributed by atoms with Crippen LogP contribution in [0.25, 0.3) is 0 Å². The second-order valence-electron chi connectivity index (χ2n) is 3.54. The van der Waals surface area contributed by atoms with E-state index in [0.29, 0.717) is 16.4 Å². The maximum Gasteiger partial charge on any atom is 0.274 e. The third-order valence-electron chi connectivity index (χ3n) is 2.26. The lowest BCUT2D eigenvalue weighted by Gasteiger charge is -2.06. The Morgan fingerprint density at radius 1 is 1.17 bits per heavy atom. The number of halogens is 1. The summed E-state index contributed by atoms with van der Waals surface area (Å²) in [4.78, 5) is 15.9. The molecule has 0 aliphatic rings. The van der Waals surface area contributed by atoms with Gasteiger partial charge in [0, 0.05) is 16.9 Å². The van der Waals surface area contributed by atoms with Crippen LogP contribution in [0, 0.1) is 0 Å². The van der Waals surface area contributed by atoms with Crippen LogP contribution in [0.15, 0.2) is 42.6 Å². The van der Waals surface area contributed by atoms with Crippen molar-refractivity contribution in [2.45, 2.75) is 0 Å². The van der Waals surface area contributed by atoms with Gasteiger partial charge in [-0.05, 0) is 36.4 Å². The predicted molar refractivity (Wildman–Crippen MR) is 71.5 cm³/mol. The molecule has 1 aromatic heterocycles. The number of rotatable bonds is 3. The molecule has 0 radical (unpaired) electrons. The highest BCUT2D eigenvalue weighted by Gasteiger charge is 2.08. The number of anilines is 2. The van der Waals surface area contributed by atoms with Crippen molar-refractivity contribution >= 4 is 28.9 Å². The van der Waals surface area contributed by atoms with E-state index in [9.17, 15) is 4.79 Å². The highest BCUT2D eigenvalue weighted by molar-refractivity contribution is 6.30. The Balaban J connectivity index is 2.14. The Kier molecular flexibility index (Phi) is 3.76. The zero-order chi connectivity index (χ0) is 13.0. The summed E-state index contributed by atoms with van der Waals surface area (Å²) < 4.78 is 0. The molecule has 2 rings (SSSR count). The summed E-state index contributed by atoms with van der Waals surface area (Å²) in [5.41, 5.74) is 4.00. The molecule has 1 aromatic carbocycles. The quantitative estimate of drug-likeness (QED) is 0.586. The Hall–Kier alpha value is -2.11.